The first-order chi connectivity index (χ1) is 8.47. The van der Waals surface area contributed by atoms with Gasteiger partial charge in [0.15, 0.2) is 5.82 Å². The van der Waals surface area contributed by atoms with Crippen LogP contribution in [0.25, 0.3) is 0 Å². The molecule has 0 spiro atoms. The molecule has 3 N–H and O–H groups in total. The molecule has 7 heteroatoms. The molecule has 1 aromatic carbocycles. The molecule has 0 atom stereocenters. The van der Waals surface area contributed by atoms with Crippen LogP contribution in [0.3, 0.4) is 0 Å². The number of hydrogen-bond donors (Lipinski definition) is 2. The largest absolute Gasteiger partial charge is 0.396 e. The van der Waals surface area contributed by atoms with E-state index in [0.717, 1.165) is 4.47 Å². The minimum absolute atomic E-state index is 0.393. The van der Waals surface area contributed by atoms with Crippen LogP contribution in [0.5, 0.6) is 0 Å². The molecule has 0 aliphatic carbocycles. The summed E-state index contributed by atoms with van der Waals surface area (Å²) in [5, 5.41) is 4.24. The summed E-state index contributed by atoms with van der Waals surface area (Å²) in [6.07, 6.45) is 1.63. The maximum atomic E-state index is 6.05. The minimum Gasteiger partial charge on any atom is -0.396 e. The lowest BCUT2D eigenvalue weighted by Crippen LogP contribution is -1.99. The van der Waals surface area contributed by atoms with Crippen LogP contribution in [0, 0.1) is 0 Å². The summed E-state index contributed by atoms with van der Waals surface area (Å²) >= 11 is 21.1. The van der Waals surface area contributed by atoms with E-state index in [1.807, 2.05) is 0 Å². The van der Waals surface area contributed by atoms with E-state index in [9.17, 15) is 0 Å². The van der Waals surface area contributed by atoms with E-state index in [4.69, 9.17) is 40.5 Å². The fourth-order valence-corrected chi connectivity index (χ4v) is 2.25. The predicted molar refractivity (Wildman–Crippen MR) is 81.1 cm³/mol. The van der Waals surface area contributed by atoms with E-state index < -0.39 is 0 Å². The number of benzene rings is 1. The molecular formula is C11H7BrCl3N3. The van der Waals surface area contributed by atoms with Crippen LogP contribution >= 0.6 is 50.7 Å². The van der Waals surface area contributed by atoms with Gasteiger partial charge in [0.1, 0.15) is 0 Å². The van der Waals surface area contributed by atoms with Crippen LogP contribution in [0.15, 0.2) is 28.9 Å². The second-order valence-corrected chi connectivity index (χ2v) is 5.60. The smallest absolute Gasteiger partial charge is 0.153 e. The van der Waals surface area contributed by atoms with E-state index in [-0.39, 0.29) is 0 Å². The number of rotatable bonds is 2. The Bertz CT molecular complexity index is 604. The number of nitrogens with two attached hydrogens (primary N) is 1. The highest BCUT2D eigenvalue weighted by Gasteiger charge is 2.08. The van der Waals surface area contributed by atoms with Crippen molar-refractivity contribution >= 4 is 67.9 Å². The van der Waals surface area contributed by atoms with Crippen LogP contribution in [-0.4, -0.2) is 4.98 Å². The molecule has 1 aromatic heterocycles. The molecule has 0 saturated heterocycles. The Hall–Kier alpha value is -0.680. The quantitative estimate of drug-likeness (QED) is 0.724. The number of nitrogen functional groups attached to an aromatic ring is 1. The average molecular weight is 367 g/mol. The topological polar surface area (TPSA) is 50.9 Å². The van der Waals surface area contributed by atoms with Crippen molar-refractivity contribution < 1.29 is 0 Å². The van der Waals surface area contributed by atoms with E-state index in [1.165, 1.54) is 0 Å². The molecule has 0 unspecified atom stereocenters. The van der Waals surface area contributed by atoms with E-state index >= 15 is 0 Å². The Morgan fingerprint density at radius 3 is 2.39 bits per heavy atom. The number of nitrogens with one attached hydrogen (secondary N) is 1. The number of hydrogen-bond acceptors (Lipinski definition) is 3. The Morgan fingerprint density at radius 1 is 1.06 bits per heavy atom. The van der Waals surface area contributed by atoms with Gasteiger partial charge < -0.3 is 11.1 Å². The Kier molecular flexibility index (Phi) is 4.22. The van der Waals surface area contributed by atoms with Crippen LogP contribution < -0.4 is 11.1 Å². The molecule has 18 heavy (non-hydrogen) atoms. The van der Waals surface area contributed by atoms with Crippen molar-refractivity contribution in [2.75, 3.05) is 11.1 Å². The van der Waals surface area contributed by atoms with Gasteiger partial charge in [0.2, 0.25) is 0 Å². The van der Waals surface area contributed by atoms with Gasteiger partial charge in [0.25, 0.3) is 0 Å². The first kappa shape index (κ1) is 13.7. The second-order valence-electron chi connectivity index (χ2n) is 3.46. The van der Waals surface area contributed by atoms with Crippen LogP contribution in [0.4, 0.5) is 17.2 Å². The van der Waals surface area contributed by atoms with Gasteiger partial charge in [-0.2, -0.15) is 0 Å². The van der Waals surface area contributed by atoms with Gasteiger partial charge in [0.05, 0.1) is 26.4 Å². The molecular weight excluding hydrogens is 360 g/mol. The third-order valence-corrected chi connectivity index (χ3v) is 3.62. The van der Waals surface area contributed by atoms with Gasteiger partial charge in [-0.05, 0) is 34.1 Å². The van der Waals surface area contributed by atoms with Gasteiger partial charge in [-0.1, -0.05) is 34.8 Å². The van der Waals surface area contributed by atoms with Gasteiger partial charge >= 0.3 is 0 Å². The van der Waals surface area contributed by atoms with E-state index in [0.29, 0.717) is 32.3 Å². The normalized spacial score (nSPS) is 10.4. The number of halogens is 4. The van der Waals surface area contributed by atoms with Crippen LogP contribution in [-0.2, 0) is 0 Å². The summed E-state index contributed by atoms with van der Waals surface area (Å²) in [6, 6.07) is 4.92. The predicted octanol–water partition coefficient (Wildman–Crippen LogP) is 5.13. The third kappa shape index (κ3) is 3.01. The first-order valence-corrected chi connectivity index (χ1v) is 6.72. The molecule has 94 valence electrons. The van der Waals surface area contributed by atoms with Crippen molar-refractivity contribution in [2.24, 2.45) is 0 Å². The van der Waals surface area contributed by atoms with E-state index in [1.54, 1.807) is 24.4 Å². The molecule has 0 fully saturated rings. The molecule has 0 aliphatic heterocycles. The van der Waals surface area contributed by atoms with Crippen LogP contribution in [0.1, 0.15) is 0 Å². The molecule has 1 heterocycles. The summed E-state index contributed by atoms with van der Waals surface area (Å²) in [5.74, 6) is 0.499. The van der Waals surface area contributed by atoms with E-state index in [2.05, 4.69) is 26.2 Å². The summed E-state index contributed by atoms with van der Waals surface area (Å²) < 4.78 is 0.797. The minimum atomic E-state index is 0.393. The van der Waals surface area contributed by atoms with Crippen molar-refractivity contribution in [2.45, 2.75) is 0 Å². The lowest BCUT2D eigenvalue weighted by molar-refractivity contribution is 1.30. The zero-order chi connectivity index (χ0) is 13.3. The van der Waals surface area contributed by atoms with Crippen LogP contribution in [0.2, 0.25) is 15.1 Å². The van der Waals surface area contributed by atoms with Crippen molar-refractivity contribution in [3.05, 3.63) is 43.9 Å². The van der Waals surface area contributed by atoms with Crippen molar-refractivity contribution in [3.8, 4) is 0 Å². The standard InChI is InChI=1S/C11H7BrCl3N3/c12-5-1-9(16)11(17-4-5)18-10-3-7(14)6(13)2-8(10)15/h1-4H,16H2,(H,17,18). The van der Waals surface area contributed by atoms with Crippen molar-refractivity contribution in [1.29, 1.82) is 0 Å². The van der Waals surface area contributed by atoms with Gasteiger partial charge in [-0.15, -0.1) is 0 Å². The maximum Gasteiger partial charge on any atom is 0.153 e. The van der Waals surface area contributed by atoms with Gasteiger partial charge in [-0.3, -0.25) is 0 Å². The van der Waals surface area contributed by atoms with Gasteiger partial charge in [-0.25, -0.2) is 4.98 Å². The fourth-order valence-electron chi connectivity index (χ4n) is 1.31. The lowest BCUT2D eigenvalue weighted by Gasteiger charge is -2.11. The Balaban J connectivity index is 2.37. The van der Waals surface area contributed by atoms with Crippen molar-refractivity contribution in [1.82, 2.24) is 4.98 Å². The molecule has 2 aromatic rings. The Labute approximate surface area is 127 Å². The average Bonchev–Trinajstić information content (AvgIpc) is 2.29. The summed E-state index contributed by atoms with van der Waals surface area (Å²) in [7, 11) is 0. The second kappa shape index (κ2) is 5.53. The summed E-state index contributed by atoms with van der Waals surface area (Å²) in [5.41, 5.74) is 6.91. The highest BCUT2D eigenvalue weighted by Crippen LogP contribution is 2.34. The number of aromatic nitrogens is 1. The molecule has 0 saturated carbocycles. The Morgan fingerprint density at radius 2 is 1.72 bits per heavy atom. The molecule has 3 nitrogen and oxygen atoms in total. The number of pyridine rings is 1. The zero-order valence-corrected chi connectivity index (χ0v) is 12.7. The highest BCUT2D eigenvalue weighted by atomic mass is 79.9. The summed E-state index contributed by atoms with van der Waals surface area (Å²) in [6.45, 7) is 0. The summed E-state index contributed by atoms with van der Waals surface area (Å²) in [4.78, 5) is 4.15. The monoisotopic (exact) mass is 365 g/mol. The molecule has 0 radical (unpaired) electrons. The maximum absolute atomic E-state index is 6.05. The molecule has 2 rings (SSSR count). The highest BCUT2D eigenvalue weighted by molar-refractivity contribution is 9.10. The first-order valence-electron chi connectivity index (χ1n) is 4.80. The third-order valence-electron chi connectivity index (χ3n) is 2.15. The molecule has 0 aliphatic rings. The van der Waals surface area contributed by atoms with Crippen molar-refractivity contribution in [3.63, 3.8) is 0 Å². The number of anilines is 3. The molecule has 0 bridgehead atoms. The fraction of sp³-hybridized carbons (Fsp3) is 0. The zero-order valence-electron chi connectivity index (χ0n) is 8.85. The lowest BCUT2D eigenvalue weighted by atomic mass is 10.3. The SMILES string of the molecule is Nc1cc(Br)cnc1Nc1cc(Cl)c(Cl)cc1Cl. The van der Waals surface area contributed by atoms with Gasteiger partial charge in [0, 0.05) is 10.7 Å². The molecule has 0 amide bonds. The number of nitrogens with zero attached hydrogens (tertiary/aromatic N) is 1.